The standard InChI is InChI=1S/C15H23N5/c1-11-9-12(2)20-13(18-19-14(20)17-11)15(10-16)7-5-3-4-6-8-15/h9H,3-8,10,16H2,1-2H3. The van der Waals surface area contributed by atoms with Crippen molar-refractivity contribution in [1.29, 1.82) is 0 Å². The summed E-state index contributed by atoms with van der Waals surface area (Å²) in [5.41, 5.74) is 8.26. The lowest BCUT2D eigenvalue weighted by atomic mass is 9.79. The molecule has 2 N–H and O–H groups in total. The number of nitrogens with zero attached hydrogens (tertiary/aromatic N) is 4. The van der Waals surface area contributed by atoms with Gasteiger partial charge >= 0.3 is 0 Å². The van der Waals surface area contributed by atoms with Crippen LogP contribution < -0.4 is 5.73 Å². The lowest BCUT2D eigenvalue weighted by Gasteiger charge is -2.29. The molecule has 0 saturated heterocycles. The minimum atomic E-state index is -0.0301. The van der Waals surface area contributed by atoms with Gasteiger partial charge in [0.15, 0.2) is 0 Å². The van der Waals surface area contributed by atoms with Crippen LogP contribution in [0.25, 0.3) is 5.78 Å². The average molecular weight is 273 g/mol. The van der Waals surface area contributed by atoms with Crippen LogP contribution >= 0.6 is 0 Å². The molecule has 2 heterocycles. The summed E-state index contributed by atoms with van der Waals surface area (Å²) >= 11 is 0. The predicted octanol–water partition coefficient (Wildman–Crippen LogP) is 2.29. The molecule has 5 nitrogen and oxygen atoms in total. The van der Waals surface area contributed by atoms with E-state index in [-0.39, 0.29) is 5.41 Å². The van der Waals surface area contributed by atoms with Gasteiger partial charge in [0, 0.05) is 23.3 Å². The van der Waals surface area contributed by atoms with Crippen LogP contribution in [-0.2, 0) is 5.41 Å². The second kappa shape index (κ2) is 5.13. The third kappa shape index (κ3) is 2.10. The van der Waals surface area contributed by atoms with Gasteiger partial charge < -0.3 is 5.73 Å². The van der Waals surface area contributed by atoms with Crippen LogP contribution in [0.5, 0.6) is 0 Å². The smallest absolute Gasteiger partial charge is 0.255 e. The Hall–Kier alpha value is -1.49. The molecule has 2 aromatic rings. The summed E-state index contributed by atoms with van der Waals surface area (Å²) in [5, 5.41) is 8.76. The summed E-state index contributed by atoms with van der Waals surface area (Å²) in [5.74, 6) is 1.72. The molecule has 0 radical (unpaired) electrons. The Kier molecular flexibility index (Phi) is 3.46. The summed E-state index contributed by atoms with van der Waals surface area (Å²) in [4.78, 5) is 4.49. The zero-order valence-electron chi connectivity index (χ0n) is 12.4. The van der Waals surface area contributed by atoms with Crippen molar-refractivity contribution in [3.05, 3.63) is 23.3 Å². The summed E-state index contributed by atoms with van der Waals surface area (Å²) in [6.45, 7) is 4.72. The fourth-order valence-corrected chi connectivity index (χ4v) is 3.50. The van der Waals surface area contributed by atoms with Crippen LogP contribution in [0, 0.1) is 13.8 Å². The molecule has 2 aromatic heterocycles. The zero-order valence-corrected chi connectivity index (χ0v) is 12.4. The topological polar surface area (TPSA) is 69.1 Å². The Morgan fingerprint density at radius 3 is 2.50 bits per heavy atom. The molecule has 1 fully saturated rings. The van der Waals surface area contributed by atoms with E-state index in [1.807, 2.05) is 6.92 Å². The summed E-state index contributed by atoms with van der Waals surface area (Å²) in [6.07, 6.45) is 7.27. The zero-order chi connectivity index (χ0) is 14.2. The first-order chi connectivity index (χ1) is 9.66. The fraction of sp³-hybridized carbons (Fsp3) is 0.667. The minimum absolute atomic E-state index is 0.0301. The van der Waals surface area contributed by atoms with Gasteiger partial charge in [-0.05, 0) is 32.8 Å². The van der Waals surface area contributed by atoms with Gasteiger partial charge in [0.05, 0.1) is 0 Å². The highest BCUT2D eigenvalue weighted by atomic mass is 15.3. The van der Waals surface area contributed by atoms with Crippen LogP contribution in [0.1, 0.15) is 55.7 Å². The maximum atomic E-state index is 6.17. The van der Waals surface area contributed by atoms with Crippen LogP contribution in [0.15, 0.2) is 6.07 Å². The Bertz CT molecular complexity index is 608. The van der Waals surface area contributed by atoms with Crippen molar-refractivity contribution in [3.8, 4) is 0 Å². The molecule has 3 rings (SSSR count). The van der Waals surface area contributed by atoms with Gasteiger partial charge in [-0.1, -0.05) is 25.7 Å². The van der Waals surface area contributed by atoms with Gasteiger partial charge in [-0.15, -0.1) is 10.2 Å². The quantitative estimate of drug-likeness (QED) is 0.852. The van der Waals surface area contributed by atoms with E-state index in [1.165, 1.54) is 25.7 Å². The normalized spacial score (nSPS) is 19.1. The molecule has 20 heavy (non-hydrogen) atoms. The van der Waals surface area contributed by atoms with Gasteiger partial charge in [0.1, 0.15) is 5.82 Å². The van der Waals surface area contributed by atoms with Gasteiger partial charge in [0.2, 0.25) is 0 Å². The van der Waals surface area contributed by atoms with E-state index in [0.29, 0.717) is 12.3 Å². The first-order valence-corrected chi connectivity index (χ1v) is 7.56. The molecule has 0 aliphatic heterocycles. The highest BCUT2D eigenvalue weighted by Gasteiger charge is 2.36. The maximum absolute atomic E-state index is 6.17. The van der Waals surface area contributed by atoms with Gasteiger partial charge in [-0.2, -0.15) is 0 Å². The third-order valence-corrected chi connectivity index (χ3v) is 4.62. The largest absolute Gasteiger partial charge is 0.329 e. The SMILES string of the molecule is Cc1cc(C)n2c(C3(CN)CCCCCC3)nnc2n1. The molecule has 1 aliphatic carbocycles. The lowest BCUT2D eigenvalue weighted by Crippen LogP contribution is -2.37. The Labute approximate surface area is 119 Å². The average Bonchev–Trinajstić information content (AvgIpc) is 2.71. The van der Waals surface area contributed by atoms with Crippen molar-refractivity contribution in [3.63, 3.8) is 0 Å². The van der Waals surface area contributed by atoms with E-state index >= 15 is 0 Å². The molecule has 0 spiro atoms. The monoisotopic (exact) mass is 273 g/mol. The van der Waals surface area contributed by atoms with Crippen molar-refractivity contribution in [2.24, 2.45) is 5.73 Å². The van der Waals surface area contributed by atoms with Gasteiger partial charge in [0.25, 0.3) is 5.78 Å². The van der Waals surface area contributed by atoms with E-state index in [1.54, 1.807) is 0 Å². The Balaban J connectivity index is 2.16. The van der Waals surface area contributed by atoms with Crippen LogP contribution in [0.3, 0.4) is 0 Å². The molecular formula is C15H23N5. The van der Waals surface area contributed by atoms with Crippen molar-refractivity contribution in [2.75, 3.05) is 6.54 Å². The first kappa shape index (κ1) is 13.5. The molecule has 0 atom stereocenters. The molecule has 108 valence electrons. The number of fused-ring (bicyclic) bond motifs is 1. The minimum Gasteiger partial charge on any atom is -0.329 e. The van der Waals surface area contributed by atoms with Crippen LogP contribution in [0.2, 0.25) is 0 Å². The highest BCUT2D eigenvalue weighted by Crippen LogP contribution is 2.36. The summed E-state index contributed by atoms with van der Waals surface area (Å²) in [6, 6.07) is 2.08. The molecule has 5 heteroatoms. The second-order valence-electron chi connectivity index (χ2n) is 6.10. The number of aromatic nitrogens is 4. The summed E-state index contributed by atoms with van der Waals surface area (Å²) < 4.78 is 2.10. The maximum Gasteiger partial charge on any atom is 0.255 e. The molecule has 1 aliphatic rings. The first-order valence-electron chi connectivity index (χ1n) is 7.56. The molecule has 0 amide bonds. The molecule has 0 unspecified atom stereocenters. The fourth-order valence-electron chi connectivity index (χ4n) is 3.50. The van der Waals surface area contributed by atoms with Crippen molar-refractivity contribution in [1.82, 2.24) is 19.6 Å². The number of nitrogens with two attached hydrogens (primary N) is 1. The van der Waals surface area contributed by atoms with Crippen molar-refractivity contribution < 1.29 is 0 Å². The van der Waals surface area contributed by atoms with Crippen LogP contribution in [-0.4, -0.2) is 26.1 Å². The van der Waals surface area contributed by atoms with E-state index in [9.17, 15) is 0 Å². The predicted molar refractivity (Wildman–Crippen MR) is 78.7 cm³/mol. The van der Waals surface area contributed by atoms with Crippen molar-refractivity contribution in [2.45, 2.75) is 57.8 Å². The third-order valence-electron chi connectivity index (χ3n) is 4.62. The van der Waals surface area contributed by atoms with Crippen LogP contribution in [0.4, 0.5) is 0 Å². The van der Waals surface area contributed by atoms with E-state index in [0.717, 1.165) is 30.1 Å². The molecule has 0 aromatic carbocycles. The van der Waals surface area contributed by atoms with E-state index in [2.05, 4.69) is 32.6 Å². The molecule has 1 saturated carbocycles. The number of rotatable bonds is 2. The van der Waals surface area contributed by atoms with E-state index in [4.69, 9.17) is 5.73 Å². The highest BCUT2D eigenvalue weighted by molar-refractivity contribution is 5.35. The number of hydrogen-bond acceptors (Lipinski definition) is 4. The summed E-state index contributed by atoms with van der Waals surface area (Å²) in [7, 11) is 0. The van der Waals surface area contributed by atoms with Gasteiger partial charge in [-0.3, -0.25) is 4.40 Å². The van der Waals surface area contributed by atoms with E-state index < -0.39 is 0 Å². The second-order valence-corrected chi connectivity index (χ2v) is 6.10. The van der Waals surface area contributed by atoms with Gasteiger partial charge in [-0.25, -0.2) is 4.98 Å². The Morgan fingerprint density at radius 1 is 1.15 bits per heavy atom. The number of hydrogen-bond donors (Lipinski definition) is 1. The number of aryl methyl sites for hydroxylation is 2. The Morgan fingerprint density at radius 2 is 1.85 bits per heavy atom. The lowest BCUT2D eigenvalue weighted by molar-refractivity contribution is 0.355. The van der Waals surface area contributed by atoms with Crippen molar-refractivity contribution >= 4 is 5.78 Å². The molecule has 0 bridgehead atoms. The molecular weight excluding hydrogens is 250 g/mol.